The van der Waals surface area contributed by atoms with Gasteiger partial charge in [0.05, 0.1) is 17.0 Å². The number of nitrogens with zero attached hydrogens (tertiary/aromatic N) is 1. The maximum atomic E-state index is 12.6. The van der Waals surface area contributed by atoms with Crippen molar-refractivity contribution in [2.75, 3.05) is 6.54 Å². The maximum Gasteiger partial charge on any atom is 0.416 e. The third-order valence-corrected chi connectivity index (χ3v) is 5.98. The fraction of sp³-hybridized carbons (Fsp3) is 0.500. The van der Waals surface area contributed by atoms with E-state index in [1.165, 1.54) is 0 Å². The molecule has 0 bridgehead atoms. The number of hydrogen-bond donors (Lipinski definition) is 0. The van der Waals surface area contributed by atoms with Crippen LogP contribution in [-0.2, 0) is 21.0 Å². The Kier molecular flexibility index (Phi) is 3.56. The first kappa shape index (κ1) is 15.5. The fourth-order valence-electron chi connectivity index (χ4n) is 2.79. The van der Waals surface area contributed by atoms with Crippen LogP contribution in [0.2, 0.25) is 0 Å². The molecular weight excluding hydrogens is 319 g/mol. The Labute approximate surface area is 126 Å². The molecule has 1 aliphatic heterocycles. The van der Waals surface area contributed by atoms with Gasteiger partial charge in [0.1, 0.15) is 5.78 Å². The molecule has 1 saturated heterocycles. The standard InChI is InChI=1S/C14H14F3NO3S/c15-14(16,17)10-3-5-12(6-4-10)22(20,21)18-8-11(19)7-13(18)9-1-2-9/h3-6,9,13H,1-2,7-8H2/t13-/m0/s1. The van der Waals surface area contributed by atoms with Crippen molar-refractivity contribution in [3.8, 4) is 0 Å². The van der Waals surface area contributed by atoms with E-state index in [0.29, 0.717) is 0 Å². The zero-order valence-corrected chi connectivity index (χ0v) is 12.3. The smallest absolute Gasteiger partial charge is 0.298 e. The highest BCUT2D eigenvalue weighted by Gasteiger charge is 2.46. The summed E-state index contributed by atoms with van der Waals surface area (Å²) in [4.78, 5) is 11.4. The van der Waals surface area contributed by atoms with Crippen molar-refractivity contribution in [1.29, 1.82) is 0 Å². The minimum Gasteiger partial charge on any atom is -0.298 e. The molecule has 0 spiro atoms. The molecule has 0 unspecified atom stereocenters. The van der Waals surface area contributed by atoms with Gasteiger partial charge in [-0.2, -0.15) is 17.5 Å². The van der Waals surface area contributed by atoms with Gasteiger partial charge in [0.25, 0.3) is 0 Å². The quantitative estimate of drug-likeness (QED) is 0.854. The zero-order valence-electron chi connectivity index (χ0n) is 11.5. The molecule has 1 aromatic rings. The van der Waals surface area contributed by atoms with Crippen LogP contribution < -0.4 is 0 Å². The molecule has 1 heterocycles. The molecule has 1 aromatic carbocycles. The molecule has 1 atom stereocenters. The van der Waals surface area contributed by atoms with Crippen molar-refractivity contribution in [3.05, 3.63) is 29.8 Å². The van der Waals surface area contributed by atoms with Crippen LogP contribution in [0.15, 0.2) is 29.2 Å². The summed E-state index contributed by atoms with van der Waals surface area (Å²) in [7, 11) is -3.94. The number of hydrogen-bond acceptors (Lipinski definition) is 3. The monoisotopic (exact) mass is 333 g/mol. The van der Waals surface area contributed by atoms with E-state index in [0.717, 1.165) is 41.4 Å². The predicted octanol–water partition coefficient (Wildman–Crippen LogP) is 2.45. The Morgan fingerprint density at radius 1 is 1.09 bits per heavy atom. The van der Waals surface area contributed by atoms with Gasteiger partial charge in [0.2, 0.25) is 10.0 Å². The van der Waals surface area contributed by atoms with E-state index in [1.807, 2.05) is 0 Å². The second-order valence-corrected chi connectivity index (χ2v) is 7.61. The summed E-state index contributed by atoms with van der Waals surface area (Å²) in [5, 5.41) is 0. The van der Waals surface area contributed by atoms with E-state index in [4.69, 9.17) is 0 Å². The Balaban J connectivity index is 1.90. The lowest BCUT2D eigenvalue weighted by molar-refractivity contribution is -0.137. The number of alkyl halides is 3. The van der Waals surface area contributed by atoms with Crippen molar-refractivity contribution < 1.29 is 26.4 Å². The van der Waals surface area contributed by atoms with Crippen molar-refractivity contribution in [2.45, 2.75) is 36.4 Å². The van der Waals surface area contributed by atoms with Crippen LogP contribution in [-0.4, -0.2) is 31.1 Å². The summed E-state index contributed by atoms with van der Waals surface area (Å²) in [6.07, 6.45) is -2.54. The van der Waals surface area contributed by atoms with Gasteiger partial charge in [-0.3, -0.25) is 4.79 Å². The number of ketones is 1. The van der Waals surface area contributed by atoms with Crippen LogP contribution in [0.4, 0.5) is 13.2 Å². The van der Waals surface area contributed by atoms with Crippen LogP contribution in [0, 0.1) is 5.92 Å². The van der Waals surface area contributed by atoms with Gasteiger partial charge < -0.3 is 0 Å². The Bertz CT molecular complexity index is 693. The fourth-order valence-corrected chi connectivity index (χ4v) is 4.46. The number of sulfonamides is 1. The second-order valence-electron chi connectivity index (χ2n) is 5.72. The van der Waals surface area contributed by atoms with Crippen molar-refractivity contribution in [3.63, 3.8) is 0 Å². The van der Waals surface area contributed by atoms with E-state index in [1.54, 1.807) is 0 Å². The largest absolute Gasteiger partial charge is 0.416 e. The van der Waals surface area contributed by atoms with E-state index in [9.17, 15) is 26.4 Å². The lowest BCUT2D eigenvalue weighted by Gasteiger charge is -2.23. The van der Waals surface area contributed by atoms with Crippen molar-refractivity contribution >= 4 is 15.8 Å². The zero-order chi connectivity index (χ0) is 16.1. The summed E-state index contributed by atoms with van der Waals surface area (Å²) in [6, 6.07) is 3.05. The molecule has 1 saturated carbocycles. The Morgan fingerprint density at radius 3 is 2.18 bits per heavy atom. The van der Waals surface area contributed by atoms with E-state index in [2.05, 4.69) is 0 Å². The average Bonchev–Trinajstić information content (AvgIpc) is 3.20. The van der Waals surface area contributed by atoms with Crippen LogP contribution in [0.5, 0.6) is 0 Å². The highest BCUT2D eigenvalue weighted by molar-refractivity contribution is 7.89. The molecule has 0 radical (unpaired) electrons. The van der Waals surface area contributed by atoms with Gasteiger partial charge in [0, 0.05) is 12.5 Å². The van der Waals surface area contributed by atoms with Gasteiger partial charge in [-0.05, 0) is 43.0 Å². The van der Waals surface area contributed by atoms with Gasteiger partial charge in [0.15, 0.2) is 0 Å². The minimum atomic E-state index is -4.51. The topological polar surface area (TPSA) is 54.5 Å². The maximum absolute atomic E-state index is 12.6. The molecule has 1 aliphatic carbocycles. The lowest BCUT2D eigenvalue weighted by Crippen LogP contribution is -2.37. The van der Waals surface area contributed by atoms with Crippen molar-refractivity contribution in [1.82, 2.24) is 4.31 Å². The average molecular weight is 333 g/mol. The van der Waals surface area contributed by atoms with Gasteiger partial charge in [-0.1, -0.05) is 0 Å². The van der Waals surface area contributed by atoms with Gasteiger partial charge in [-0.15, -0.1) is 0 Å². The third kappa shape index (κ3) is 2.77. The number of carbonyl (C=O) groups is 1. The normalized spacial score (nSPS) is 24.0. The van der Waals surface area contributed by atoms with E-state index < -0.39 is 21.8 Å². The van der Waals surface area contributed by atoms with Gasteiger partial charge >= 0.3 is 6.18 Å². The summed E-state index contributed by atoms with van der Waals surface area (Å²) in [6.45, 7) is -0.190. The number of rotatable bonds is 3. The highest BCUT2D eigenvalue weighted by Crippen LogP contribution is 2.41. The Morgan fingerprint density at radius 2 is 1.68 bits per heavy atom. The number of carbonyl (C=O) groups excluding carboxylic acids is 1. The number of benzene rings is 1. The molecule has 8 heteroatoms. The lowest BCUT2D eigenvalue weighted by atomic mass is 10.1. The molecule has 120 valence electrons. The van der Waals surface area contributed by atoms with Crippen LogP contribution in [0.1, 0.15) is 24.8 Å². The first-order valence-electron chi connectivity index (χ1n) is 6.90. The van der Waals surface area contributed by atoms with Crippen LogP contribution in [0.25, 0.3) is 0 Å². The number of halogens is 3. The molecule has 3 rings (SSSR count). The van der Waals surface area contributed by atoms with Crippen LogP contribution in [0.3, 0.4) is 0 Å². The molecule has 0 aromatic heterocycles. The molecule has 0 amide bonds. The summed E-state index contributed by atoms with van der Waals surface area (Å²) < 4.78 is 63.9. The highest BCUT2D eigenvalue weighted by atomic mass is 32.2. The first-order valence-corrected chi connectivity index (χ1v) is 8.34. The van der Waals surface area contributed by atoms with Gasteiger partial charge in [-0.25, -0.2) is 8.42 Å². The summed E-state index contributed by atoms with van der Waals surface area (Å²) >= 11 is 0. The third-order valence-electron chi connectivity index (χ3n) is 4.09. The van der Waals surface area contributed by atoms with Crippen LogP contribution >= 0.6 is 0 Å². The summed E-state index contributed by atoms with van der Waals surface area (Å²) in [5.41, 5.74) is -0.900. The SMILES string of the molecule is O=C1C[C@@H](C2CC2)N(S(=O)(=O)c2ccc(C(F)(F)F)cc2)C1. The molecule has 2 aliphatic rings. The first-order chi connectivity index (χ1) is 10.2. The Hall–Kier alpha value is -1.41. The molecule has 22 heavy (non-hydrogen) atoms. The molecular formula is C14H14F3NO3S. The van der Waals surface area contributed by atoms with E-state index >= 15 is 0 Å². The second kappa shape index (κ2) is 5.06. The summed E-state index contributed by atoms with van der Waals surface area (Å²) in [5.74, 6) is 0.0445. The predicted molar refractivity (Wildman–Crippen MR) is 71.5 cm³/mol. The minimum absolute atomic E-state index is 0.146. The number of Topliss-reactive ketones (excluding diaryl/α,β-unsaturated/α-hetero) is 1. The van der Waals surface area contributed by atoms with E-state index in [-0.39, 0.29) is 35.6 Å². The molecule has 2 fully saturated rings. The molecule has 0 N–H and O–H groups in total. The van der Waals surface area contributed by atoms with Crippen molar-refractivity contribution in [2.24, 2.45) is 5.92 Å². The molecule has 4 nitrogen and oxygen atoms in total.